The van der Waals surface area contributed by atoms with Crippen LogP contribution in [0.2, 0.25) is 0 Å². The minimum absolute atomic E-state index is 0.0570. The van der Waals surface area contributed by atoms with Gasteiger partial charge in [-0.25, -0.2) is 4.79 Å². The van der Waals surface area contributed by atoms with E-state index in [0.717, 1.165) is 40.7 Å². The summed E-state index contributed by atoms with van der Waals surface area (Å²) in [6, 6.07) is 2.14. The first-order valence-corrected chi connectivity index (χ1v) is 10.1. The van der Waals surface area contributed by atoms with Crippen molar-refractivity contribution >= 4 is 49.3 Å². The standard InChI is InChI=1S/C16H24Br2N2O2S/c1-15(2,3)22-14(21)20-7-5-16(4,6-8-20)19-10-11-9-12(17)13(18)23-11/h9,19H,5-8,10H2,1-4H3. The minimum atomic E-state index is -0.434. The molecular formula is C16H24Br2N2O2S. The van der Waals surface area contributed by atoms with Crippen LogP contribution in [0.3, 0.4) is 0 Å². The lowest BCUT2D eigenvalue weighted by Gasteiger charge is -2.40. The lowest BCUT2D eigenvalue weighted by molar-refractivity contribution is 0.0157. The number of carbonyl (C=O) groups is 1. The van der Waals surface area contributed by atoms with Gasteiger partial charge in [0.2, 0.25) is 0 Å². The van der Waals surface area contributed by atoms with Crippen molar-refractivity contribution in [2.45, 2.75) is 58.2 Å². The number of nitrogens with one attached hydrogen (secondary N) is 1. The number of halogens is 2. The number of amides is 1. The third kappa shape index (κ3) is 5.73. The minimum Gasteiger partial charge on any atom is -0.444 e. The molecule has 2 rings (SSSR count). The molecule has 0 saturated carbocycles. The molecule has 7 heteroatoms. The third-order valence-corrected chi connectivity index (χ3v) is 7.16. The van der Waals surface area contributed by atoms with Gasteiger partial charge in [0.1, 0.15) is 5.60 Å². The number of carbonyl (C=O) groups excluding carboxylic acids is 1. The van der Waals surface area contributed by atoms with Crippen LogP contribution < -0.4 is 5.32 Å². The molecule has 1 aliphatic rings. The Balaban J connectivity index is 1.83. The van der Waals surface area contributed by atoms with Crippen molar-refractivity contribution in [3.63, 3.8) is 0 Å². The summed E-state index contributed by atoms with van der Waals surface area (Å²) in [7, 11) is 0. The van der Waals surface area contributed by atoms with Crippen LogP contribution >= 0.6 is 43.2 Å². The summed E-state index contributed by atoms with van der Waals surface area (Å²) in [6.45, 7) is 10.2. The van der Waals surface area contributed by atoms with Crippen molar-refractivity contribution in [1.29, 1.82) is 0 Å². The maximum absolute atomic E-state index is 12.1. The highest BCUT2D eigenvalue weighted by Crippen LogP contribution is 2.33. The van der Waals surface area contributed by atoms with Gasteiger partial charge in [0.25, 0.3) is 0 Å². The van der Waals surface area contributed by atoms with Crippen molar-refractivity contribution < 1.29 is 9.53 Å². The van der Waals surface area contributed by atoms with Gasteiger partial charge in [0.15, 0.2) is 0 Å². The van der Waals surface area contributed by atoms with E-state index in [4.69, 9.17) is 4.74 Å². The summed E-state index contributed by atoms with van der Waals surface area (Å²) in [4.78, 5) is 15.2. The maximum atomic E-state index is 12.1. The molecular weight excluding hydrogens is 444 g/mol. The number of nitrogens with zero attached hydrogens (tertiary/aromatic N) is 1. The van der Waals surface area contributed by atoms with Crippen molar-refractivity contribution in [1.82, 2.24) is 10.2 Å². The van der Waals surface area contributed by atoms with Crippen LogP contribution in [-0.4, -0.2) is 35.2 Å². The first-order valence-electron chi connectivity index (χ1n) is 7.75. The summed E-state index contributed by atoms with van der Waals surface area (Å²) < 4.78 is 7.67. The molecule has 1 aliphatic heterocycles. The number of piperidine rings is 1. The fourth-order valence-electron chi connectivity index (χ4n) is 2.47. The zero-order valence-electron chi connectivity index (χ0n) is 14.0. The zero-order chi connectivity index (χ0) is 17.3. The Bertz CT molecular complexity index is 541. The van der Waals surface area contributed by atoms with E-state index in [1.807, 2.05) is 25.7 Å². The third-order valence-electron chi connectivity index (χ3n) is 3.90. The molecule has 0 atom stereocenters. The SMILES string of the molecule is CC1(NCc2cc(Br)c(Br)s2)CCN(C(=O)OC(C)(C)C)CC1. The number of hydrogen-bond donors (Lipinski definition) is 1. The Morgan fingerprint density at radius 1 is 1.39 bits per heavy atom. The van der Waals surface area contributed by atoms with E-state index in [-0.39, 0.29) is 11.6 Å². The van der Waals surface area contributed by atoms with Crippen molar-refractivity contribution in [3.05, 3.63) is 19.2 Å². The van der Waals surface area contributed by atoms with Crippen LogP contribution in [0.5, 0.6) is 0 Å². The smallest absolute Gasteiger partial charge is 0.410 e. The van der Waals surface area contributed by atoms with Gasteiger partial charge in [-0.05, 0) is 78.5 Å². The fraction of sp³-hybridized carbons (Fsp3) is 0.688. The normalized spacial score (nSPS) is 18.1. The number of thiophene rings is 1. The Kier molecular flexibility index (Phi) is 6.20. The molecule has 2 heterocycles. The van der Waals surface area contributed by atoms with E-state index in [0.29, 0.717) is 0 Å². The molecule has 1 aromatic heterocycles. The molecule has 0 aliphatic carbocycles. The number of rotatable bonds is 3. The predicted molar refractivity (Wildman–Crippen MR) is 102 cm³/mol. The maximum Gasteiger partial charge on any atom is 0.410 e. The van der Waals surface area contributed by atoms with Gasteiger partial charge >= 0.3 is 6.09 Å². The molecule has 4 nitrogen and oxygen atoms in total. The van der Waals surface area contributed by atoms with Gasteiger partial charge in [-0.1, -0.05) is 0 Å². The van der Waals surface area contributed by atoms with Gasteiger partial charge in [-0.15, -0.1) is 11.3 Å². The van der Waals surface area contributed by atoms with Gasteiger partial charge in [-0.2, -0.15) is 0 Å². The summed E-state index contributed by atoms with van der Waals surface area (Å²) in [5, 5.41) is 3.65. The average molecular weight is 468 g/mol. The van der Waals surface area contributed by atoms with Crippen LogP contribution in [0, 0.1) is 0 Å². The molecule has 0 radical (unpaired) electrons. The van der Waals surface area contributed by atoms with Crippen molar-refractivity contribution in [2.24, 2.45) is 0 Å². The van der Waals surface area contributed by atoms with Crippen molar-refractivity contribution in [3.8, 4) is 0 Å². The fourth-order valence-corrected chi connectivity index (χ4v) is 4.58. The van der Waals surface area contributed by atoms with E-state index in [1.165, 1.54) is 4.88 Å². The van der Waals surface area contributed by atoms with E-state index in [1.54, 1.807) is 11.3 Å². The van der Waals surface area contributed by atoms with Gasteiger partial charge in [0.05, 0.1) is 3.79 Å². The lowest BCUT2D eigenvalue weighted by atomic mass is 9.89. The van der Waals surface area contributed by atoms with Crippen LogP contribution in [0.4, 0.5) is 4.79 Å². The summed E-state index contributed by atoms with van der Waals surface area (Å²) in [5.74, 6) is 0. The molecule has 0 bridgehead atoms. The Morgan fingerprint density at radius 3 is 2.48 bits per heavy atom. The van der Waals surface area contributed by atoms with Crippen LogP contribution in [0.25, 0.3) is 0 Å². The molecule has 23 heavy (non-hydrogen) atoms. The first kappa shape index (κ1) is 19.2. The van der Waals surface area contributed by atoms with E-state index in [2.05, 4.69) is 50.2 Å². The molecule has 1 saturated heterocycles. The molecule has 1 N–H and O–H groups in total. The molecule has 0 unspecified atom stereocenters. The first-order chi connectivity index (χ1) is 10.6. The second-order valence-electron chi connectivity index (χ2n) is 7.22. The molecule has 130 valence electrons. The van der Waals surface area contributed by atoms with Gasteiger partial charge in [-0.3, -0.25) is 0 Å². The topological polar surface area (TPSA) is 41.6 Å². The molecule has 1 fully saturated rings. The van der Waals surface area contributed by atoms with Gasteiger partial charge in [0, 0.05) is 34.5 Å². The number of hydrogen-bond acceptors (Lipinski definition) is 4. The molecule has 0 spiro atoms. The molecule has 0 aromatic carbocycles. The second kappa shape index (κ2) is 7.42. The van der Waals surface area contributed by atoms with Crippen LogP contribution in [-0.2, 0) is 11.3 Å². The quantitative estimate of drug-likeness (QED) is 0.667. The van der Waals surface area contributed by atoms with Crippen LogP contribution in [0.15, 0.2) is 14.3 Å². The van der Waals surface area contributed by atoms with Gasteiger partial charge < -0.3 is 15.0 Å². The summed E-state index contributed by atoms with van der Waals surface area (Å²) in [5.41, 5.74) is -0.377. The van der Waals surface area contributed by atoms with Crippen molar-refractivity contribution in [2.75, 3.05) is 13.1 Å². The average Bonchev–Trinajstić information content (AvgIpc) is 2.75. The Labute approximate surface area is 159 Å². The largest absolute Gasteiger partial charge is 0.444 e. The van der Waals surface area contributed by atoms with E-state index in [9.17, 15) is 4.79 Å². The Hall–Kier alpha value is -0.110. The van der Waals surface area contributed by atoms with E-state index < -0.39 is 5.60 Å². The zero-order valence-corrected chi connectivity index (χ0v) is 18.0. The summed E-state index contributed by atoms with van der Waals surface area (Å²) in [6.07, 6.45) is 1.66. The monoisotopic (exact) mass is 466 g/mol. The Morgan fingerprint density at radius 2 is 2.00 bits per heavy atom. The molecule has 1 amide bonds. The predicted octanol–water partition coefficient (Wildman–Crippen LogP) is 5.15. The highest BCUT2D eigenvalue weighted by atomic mass is 79.9. The highest BCUT2D eigenvalue weighted by Gasteiger charge is 2.33. The van der Waals surface area contributed by atoms with E-state index >= 15 is 0 Å². The highest BCUT2D eigenvalue weighted by molar-refractivity contribution is 9.13. The lowest BCUT2D eigenvalue weighted by Crippen LogP contribution is -2.52. The number of ether oxygens (including phenoxy) is 1. The number of likely N-dealkylation sites (tertiary alicyclic amines) is 1. The summed E-state index contributed by atoms with van der Waals surface area (Å²) >= 11 is 8.79. The molecule has 1 aromatic rings. The second-order valence-corrected chi connectivity index (χ2v) is 10.5. The van der Waals surface area contributed by atoms with Crippen LogP contribution in [0.1, 0.15) is 45.4 Å².